The number of hydrogen-bond donors (Lipinski definition) is 2. The Labute approximate surface area is 93.5 Å². The van der Waals surface area contributed by atoms with E-state index < -0.39 is 17.7 Å². The summed E-state index contributed by atoms with van der Waals surface area (Å²) in [6.45, 7) is 0.170. The van der Waals surface area contributed by atoms with Crippen molar-refractivity contribution in [1.82, 2.24) is 0 Å². The number of benzene rings is 1. The fourth-order valence-corrected chi connectivity index (χ4v) is 0.925. The van der Waals surface area contributed by atoms with Crippen LogP contribution in [-0.2, 0) is 0 Å². The zero-order valence-electron chi connectivity index (χ0n) is 7.24. The molecular formula is C8H12Cl2F2N2. The summed E-state index contributed by atoms with van der Waals surface area (Å²) in [6.07, 6.45) is 0. The first kappa shape index (κ1) is 16.0. The van der Waals surface area contributed by atoms with E-state index in [1.54, 1.807) is 0 Å². The van der Waals surface area contributed by atoms with Crippen molar-refractivity contribution in [2.45, 2.75) is 6.04 Å². The molecule has 0 aliphatic heterocycles. The molecule has 0 aromatic heterocycles. The van der Waals surface area contributed by atoms with Crippen LogP contribution in [0.2, 0.25) is 0 Å². The summed E-state index contributed by atoms with van der Waals surface area (Å²) in [5.41, 5.74) is 11.1. The molecule has 0 fully saturated rings. The Hall–Kier alpha value is -0.420. The largest absolute Gasteiger partial charge is 0.329 e. The van der Waals surface area contributed by atoms with Gasteiger partial charge in [-0.05, 0) is 17.7 Å². The van der Waals surface area contributed by atoms with Crippen LogP contribution in [0.1, 0.15) is 11.6 Å². The zero-order valence-corrected chi connectivity index (χ0v) is 8.88. The molecule has 0 spiro atoms. The Bertz CT molecular complexity index is 264. The zero-order chi connectivity index (χ0) is 9.14. The lowest BCUT2D eigenvalue weighted by Gasteiger charge is -2.08. The molecule has 0 aliphatic rings. The normalized spacial score (nSPS) is 11.1. The van der Waals surface area contributed by atoms with Gasteiger partial charge in [-0.2, -0.15) is 0 Å². The minimum Gasteiger partial charge on any atom is -0.329 e. The van der Waals surface area contributed by atoms with E-state index >= 15 is 0 Å². The molecule has 1 rings (SSSR count). The highest BCUT2D eigenvalue weighted by Crippen LogP contribution is 2.13. The van der Waals surface area contributed by atoms with Gasteiger partial charge in [0.25, 0.3) is 0 Å². The van der Waals surface area contributed by atoms with Gasteiger partial charge in [-0.3, -0.25) is 0 Å². The van der Waals surface area contributed by atoms with Crippen LogP contribution in [0.4, 0.5) is 8.78 Å². The highest BCUT2D eigenvalue weighted by molar-refractivity contribution is 5.85. The molecule has 4 N–H and O–H groups in total. The van der Waals surface area contributed by atoms with Gasteiger partial charge < -0.3 is 11.5 Å². The van der Waals surface area contributed by atoms with Gasteiger partial charge in [-0.25, -0.2) is 8.78 Å². The standard InChI is InChI=1S/C8H10F2N2.2ClH/c9-6-1-5(8(12)4-11)2-7(10)3-6;;/h1-3,8H,4,11-12H2;2*1H/t8-;;/m1../s1. The molecule has 0 saturated heterocycles. The summed E-state index contributed by atoms with van der Waals surface area (Å²) in [5, 5.41) is 0. The first-order valence-corrected chi connectivity index (χ1v) is 3.55. The van der Waals surface area contributed by atoms with Crippen molar-refractivity contribution in [3.8, 4) is 0 Å². The van der Waals surface area contributed by atoms with Crippen LogP contribution in [0.25, 0.3) is 0 Å². The van der Waals surface area contributed by atoms with E-state index in [9.17, 15) is 8.78 Å². The summed E-state index contributed by atoms with van der Waals surface area (Å²) >= 11 is 0. The van der Waals surface area contributed by atoms with Crippen molar-refractivity contribution < 1.29 is 8.78 Å². The monoisotopic (exact) mass is 244 g/mol. The topological polar surface area (TPSA) is 52.0 Å². The molecule has 0 heterocycles. The molecule has 0 saturated carbocycles. The lowest BCUT2D eigenvalue weighted by atomic mass is 10.1. The Morgan fingerprint density at radius 2 is 1.50 bits per heavy atom. The van der Waals surface area contributed by atoms with Crippen LogP contribution in [0.3, 0.4) is 0 Å². The van der Waals surface area contributed by atoms with Crippen LogP contribution < -0.4 is 11.5 Å². The number of nitrogens with two attached hydrogens (primary N) is 2. The van der Waals surface area contributed by atoms with Crippen LogP contribution in [0.15, 0.2) is 18.2 Å². The van der Waals surface area contributed by atoms with E-state index in [1.807, 2.05) is 0 Å². The van der Waals surface area contributed by atoms with E-state index in [0.29, 0.717) is 5.56 Å². The molecule has 1 aromatic rings. The van der Waals surface area contributed by atoms with E-state index in [-0.39, 0.29) is 31.4 Å². The van der Waals surface area contributed by atoms with Gasteiger partial charge >= 0.3 is 0 Å². The quantitative estimate of drug-likeness (QED) is 0.834. The van der Waals surface area contributed by atoms with E-state index in [4.69, 9.17) is 11.5 Å². The highest BCUT2D eigenvalue weighted by atomic mass is 35.5. The Kier molecular flexibility index (Phi) is 7.96. The molecule has 0 radical (unpaired) electrons. The molecule has 0 unspecified atom stereocenters. The van der Waals surface area contributed by atoms with Crippen LogP contribution in [-0.4, -0.2) is 6.54 Å². The van der Waals surface area contributed by atoms with Gasteiger partial charge in [0.2, 0.25) is 0 Å². The van der Waals surface area contributed by atoms with Gasteiger partial charge in [0.1, 0.15) is 11.6 Å². The summed E-state index contributed by atoms with van der Waals surface area (Å²) in [4.78, 5) is 0. The Balaban J connectivity index is 0. The van der Waals surface area contributed by atoms with Crippen molar-refractivity contribution >= 4 is 24.8 Å². The first-order chi connectivity index (χ1) is 5.63. The smallest absolute Gasteiger partial charge is 0.126 e. The van der Waals surface area contributed by atoms with Gasteiger partial charge in [0.15, 0.2) is 0 Å². The fraction of sp³-hybridized carbons (Fsp3) is 0.250. The molecule has 2 nitrogen and oxygen atoms in total. The molecular weight excluding hydrogens is 233 g/mol. The second kappa shape index (κ2) is 6.95. The Morgan fingerprint density at radius 3 is 1.86 bits per heavy atom. The van der Waals surface area contributed by atoms with E-state index in [0.717, 1.165) is 6.07 Å². The maximum atomic E-state index is 12.6. The second-order valence-corrected chi connectivity index (χ2v) is 2.54. The van der Waals surface area contributed by atoms with Crippen molar-refractivity contribution in [3.63, 3.8) is 0 Å². The molecule has 14 heavy (non-hydrogen) atoms. The SMILES string of the molecule is Cl.Cl.NC[C@@H](N)c1cc(F)cc(F)c1. The number of rotatable bonds is 2. The average Bonchev–Trinajstić information content (AvgIpc) is 2.01. The second-order valence-electron chi connectivity index (χ2n) is 2.54. The summed E-state index contributed by atoms with van der Waals surface area (Å²) in [6, 6.07) is 2.66. The van der Waals surface area contributed by atoms with Crippen molar-refractivity contribution in [3.05, 3.63) is 35.4 Å². The van der Waals surface area contributed by atoms with E-state index in [2.05, 4.69) is 0 Å². The Morgan fingerprint density at radius 1 is 1.07 bits per heavy atom. The third-order valence-electron chi connectivity index (χ3n) is 1.57. The summed E-state index contributed by atoms with van der Waals surface area (Å²) in [7, 11) is 0. The predicted octanol–water partition coefficient (Wildman–Crippen LogP) is 1.77. The van der Waals surface area contributed by atoms with Crippen LogP contribution >= 0.6 is 24.8 Å². The lowest BCUT2D eigenvalue weighted by Crippen LogP contribution is -2.20. The molecule has 0 bridgehead atoms. The summed E-state index contributed by atoms with van der Waals surface area (Å²) in [5.74, 6) is -1.26. The van der Waals surface area contributed by atoms with Gasteiger partial charge in [-0.1, -0.05) is 0 Å². The van der Waals surface area contributed by atoms with E-state index in [1.165, 1.54) is 12.1 Å². The molecule has 0 amide bonds. The molecule has 0 aliphatic carbocycles. The molecule has 82 valence electrons. The van der Waals surface area contributed by atoms with Gasteiger partial charge in [-0.15, -0.1) is 24.8 Å². The maximum absolute atomic E-state index is 12.6. The molecule has 1 atom stereocenters. The molecule has 6 heteroatoms. The van der Waals surface area contributed by atoms with Crippen LogP contribution in [0.5, 0.6) is 0 Å². The minimum atomic E-state index is -0.631. The lowest BCUT2D eigenvalue weighted by molar-refractivity contribution is 0.574. The van der Waals surface area contributed by atoms with Crippen LogP contribution in [0, 0.1) is 11.6 Å². The third-order valence-corrected chi connectivity index (χ3v) is 1.57. The minimum absolute atomic E-state index is 0. The third kappa shape index (κ3) is 4.19. The highest BCUT2D eigenvalue weighted by Gasteiger charge is 2.06. The fourth-order valence-electron chi connectivity index (χ4n) is 0.925. The number of halogens is 4. The van der Waals surface area contributed by atoms with Crippen molar-refractivity contribution in [2.24, 2.45) is 11.5 Å². The summed E-state index contributed by atoms with van der Waals surface area (Å²) < 4.78 is 25.2. The first-order valence-electron chi connectivity index (χ1n) is 3.55. The van der Waals surface area contributed by atoms with Gasteiger partial charge in [0.05, 0.1) is 0 Å². The number of hydrogen-bond acceptors (Lipinski definition) is 2. The average molecular weight is 245 g/mol. The molecule has 1 aromatic carbocycles. The predicted molar refractivity (Wildman–Crippen MR) is 56.8 cm³/mol. The maximum Gasteiger partial charge on any atom is 0.126 e. The van der Waals surface area contributed by atoms with Crippen molar-refractivity contribution in [1.29, 1.82) is 0 Å². The van der Waals surface area contributed by atoms with Gasteiger partial charge in [0, 0.05) is 18.7 Å². The van der Waals surface area contributed by atoms with Crippen molar-refractivity contribution in [2.75, 3.05) is 6.54 Å².